The first kappa shape index (κ1) is 14.5. The number of hydrogen-bond acceptors (Lipinski definition) is 3. The molecule has 2 heterocycles. The lowest BCUT2D eigenvalue weighted by molar-refractivity contribution is 0.229. The number of pyridine rings is 1. The van der Waals surface area contributed by atoms with Gasteiger partial charge in [0.25, 0.3) is 0 Å². The van der Waals surface area contributed by atoms with Gasteiger partial charge in [0, 0.05) is 12.2 Å². The highest BCUT2D eigenvalue weighted by atomic mass is 15.3. The van der Waals surface area contributed by atoms with E-state index >= 15 is 0 Å². The molecule has 1 atom stereocenters. The van der Waals surface area contributed by atoms with Gasteiger partial charge in [0.15, 0.2) is 11.5 Å². The molecular formula is C17H26N4. The molecule has 0 aromatic carbocycles. The lowest BCUT2D eigenvalue weighted by atomic mass is 9.79. The maximum absolute atomic E-state index is 4.35. The van der Waals surface area contributed by atoms with Gasteiger partial charge in [-0.05, 0) is 56.6 Å². The van der Waals surface area contributed by atoms with Gasteiger partial charge in [-0.1, -0.05) is 19.9 Å². The molecule has 3 rings (SSSR count). The Hall–Kier alpha value is -1.42. The van der Waals surface area contributed by atoms with Crippen LogP contribution in [-0.4, -0.2) is 20.6 Å². The summed E-state index contributed by atoms with van der Waals surface area (Å²) in [6.07, 6.45) is 7.30. The lowest BCUT2D eigenvalue weighted by Gasteiger charge is -2.32. The zero-order valence-electron chi connectivity index (χ0n) is 13.3. The van der Waals surface area contributed by atoms with E-state index in [1.165, 1.54) is 25.7 Å². The fourth-order valence-electron chi connectivity index (χ4n) is 3.54. The molecule has 0 aliphatic heterocycles. The first-order chi connectivity index (χ1) is 10.1. The lowest BCUT2D eigenvalue weighted by Crippen LogP contribution is -2.36. The van der Waals surface area contributed by atoms with E-state index in [1.54, 1.807) is 0 Å². The minimum absolute atomic E-state index is 0.239. The Morgan fingerprint density at radius 1 is 1.10 bits per heavy atom. The molecule has 4 heteroatoms. The van der Waals surface area contributed by atoms with Crippen molar-refractivity contribution in [1.29, 1.82) is 0 Å². The van der Waals surface area contributed by atoms with Gasteiger partial charge in [0.2, 0.25) is 0 Å². The maximum Gasteiger partial charge on any atom is 0.160 e. The van der Waals surface area contributed by atoms with Gasteiger partial charge in [-0.3, -0.25) is 4.40 Å². The molecule has 0 saturated heterocycles. The predicted molar refractivity (Wildman–Crippen MR) is 85.1 cm³/mol. The maximum atomic E-state index is 4.35. The molecule has 1 unspecified atom stereocenters. The third kappa shape index (κ3) is 3.10. The molecule has 1 saturated carbocycles. The van der Waals surface area contributed by atoms with Crippen molar-refractivity contribution >= 4 is 5.65 Å². The minimum Gasteiger partial charge on any atom is -0.305 e. The summed E-state index contributed by atoms with van der Waals surface area (Å²) in [4.78, 5) is 0. The Balaban J connectivity index is 1.63. The number of nitrogens with one attached hydrogen (secondary N) is 1. The van der Waals surface area contributed by atoms with Gasteiger partial charge in [-0.25, -0.2) is 0 Å². The molecule has 21 heavy (non-hydrogen) atoms. The van der Waals surface area contributed by atoms with Crippen molar-refractivity contribution in [3.63, 3.8) is 0 Å². The van der Waals surface area contributed by atoms with Gasteiger partial charge >= 0.3 is 0 Å². The van der Waals surface area contributed by atoms with Crippen molar-refractivity contribution in [2.24, 2.45) is 11.8 Å². The van der Waals surface area contributed by atoms with Crippen LogP contribution in [-0.2, 0) is 0 Å². The Bertz CT molecular complexity index is 581. The topological polar surface area (TPSA) is 42.2 Å². The Labute approximate surface area is 127 Å². The summed E-state index contributed by atoms with van der Waals surface area (Å²) in [5, 5.41) is 12.3. The second kappa shape index (κ2) is 6.14. The number of fused-ring (bicyclic) bond motifs is 1. The van der Waals surface area contributed by atoms with Crippen molar-refractivity contribution in [2.75, 3.05) is 0 Å². The van der Waals surface area contributed by atoms with Gasteiger partial charge in [0.05, 0.1) is 6.04 Å². The molecule has 1 aliphatic carbocycles. The van der Waals surface area contributed by atoms with Crippen LogP contribution in [0, 0.1) is 11.8 Å². The fraction of sp³-hybridized carbons (Fsp3) is 0.647. The molecule has 2 aromatic heterocycles. The van der Waals surface area contributed by atoms with Crippen molar-refractivity contribution in [3.05, 3.63) is 30.2 Å². The fourth-order valence-corrected chi connectivity index (χ4v) is 3.54. The zero-order valence-corrected chi connectivity index (χ0v) is 13.3. The van der Waals surface area contributed by atoms with Crippen LogP contribution in [0.5, 0.6) is 0 Å². The highest BCUT2D eigenvalue weighted by Gasteiger charge is 2.25. The van der Waals surface area contributed by atoms with Crippen LogP contribution in [0.4, 0.5) is 0 Å². The number of rotatable bonds is 4. The van der Waals surface area contributed by atoms with Crippen LogP contribution in [0.1, 0.15) is 58.3 Å². The standard InChI is InChI=1S/C17H26N4/c1-12(2)14-7-9-15(10-8-14)18-13(3)17-20-19-16-6-4-5-11-21(16)17/h4-6,11-15,18H,7-10H2,1-3H3. The van der Waals surface area contributed by atoms with Crippen LogP contribution in [0.3, 0.4) is 0 Å². The van der Waals surface area contributed by atoms with Crippen LogP contribution >= 0.6 is 0 Å². The summed E-state index contributed by atoms with van der Waals surface area (Å²) in [5.74, 6) is 2.74. The molecule has 0 radical (unpaired) electrons. The molecule has 114 valence electrons. The van der Waals surface area contributed by atoms with E-state index in [9.17, 15) is 0 Å². The minimum atomic E-state index is 0.239. The summed E-state index contributed by atoms with van der Waals surface area (Å²) >= 11 is 0. The first-order valence-electron chi connectivity index (χ1n) is 8.21. The number of hydrogen-bond donors (Lipinski definition) is 1. The highest BCUT2D eigenvalue weighted by molar-refractivity contribution is 5.37. The monoisotopic (exact) mass is 286 g/mol. The van der Waals surface area contributed by atoms with Crippen LogP contribution in [0.25, 0.3) is 5.65 Å². The van der Waals surface area contributed by atoms with E-state index < -0.39 is 0 Å². The van der Waals surface area contributed by atoms with Gasteiger partial charge in [-0.2, -0.15) is 0 Å². The van der Waals surface area contributed by atoms with Crippen molar-refractivity contribution in [3.8, 4) is 0 Å². The quantitative estimate of drug-likeness (QED) is 0.934. The molecule has 1 fully saturated rings. The van der Waals surface area contributed by atoms with E-state index in [0.29, 0.717) is 6.04 Å². The first-order valence-corrected chi connectivity index (χ1v) is 8.21. The SMILES string of the molecule is CC(NC1CCC(C(C)C)CC1)c1nnc2ccccn12. The van der Waals surface area contributed by atoms with Gasteiger partial charge in [0.1, 0.15) is 0 Å². The molecular weight excluding hydrogens is 260 g/mol. The smallest absolute Gasteiger partial charge is 0.160 e. The average Bonchev–Trinajstić information content (AvgIpc) is 2.92. The molecule has 0 spiro atoms. The highest BCUT2D eigenvalue weighted by Crippen LogP contribution is 2.30. The summed E-state index contributed by atoms with van der Waals surface area (Å²) < 4.78 is 2.08. The average molecular weight is 286 g/mol. The summed E-state index contributed by atoms with van der Waals surface area (Å²) in [6, 6.07) is 6.88. The molecule has 4 nitrogen and oxygen atoms in total. The Kier molecular flexibility index (Phi) is 4.24. The third-order valence-corrected chi connectivity index (χ3v) is 4.93. The van der Waals surface area contributed by atoms with E-state index in [2.05, 4.69) is 40.7 Å². The van der Waals surface area contributed by atoms with Gasteiger partial charge in [-0.15, -0.1) is 10.2 Å². The van der Waals surface area contributed by atoms with E-state index in [4.69, 9.17) is 0 Å². The molecule has 0 amide bonds. The summed E-state index contributed by atoms with van der Waals surface area (Å²) in [7, 11) is 0. The van der Waals surface area contributed by atoms with E-state index in [-0.39, 0.29) is 6.04 Å². The number of nitrogens with zero attached hydrogens (tertiary/aromatic N) is 3. The van der Waals surface area contributed by atoms with E-state index in [0.717, 1.165) is 23.3 Å². The Morgan fingerprint density at radius 3 is 2.57 bits per heavy atom. The largest absolute Gasteiger partial charge is 0.305 e. The summed E-state index contributed by atoms with van der Waals surface area (Å²) in [5.41, 5.74) is 0.921. The molecule has 0 bridgehead atoms. The third-order valence-electron chi connectivity index (χ3n) is 4.93. The molecule has 1 aliphatic rings. The van der Waals surface area contributed by atoms with Crippen molar-refractivity contribution in [1.82, 2.24) is 19.9 Å². The normalized spacial score (nSPS) is 24.6. The molecule has 2 aromatic rings. The Morgan fingerprint density at radius 2 is 1.86 bits per heavy atom. The van der Waals surface area contributed by atoms with Crippen LogP contribution in [0.15, 0.2) is 24.4 Å². The second-order valence-corrected chi connectivity index (χ2v) is 6.73. The second-order valence-electron chi connectivity index (χ2n) is 6.73. The van der Waals surface area contributed by atoms with Crippen LogP contribution < -0.4 is 5.32 Å². The van der Waals surface area contributed by atoms with Crippen LogP contribution in [0.2, 0.25) is 0 Å². The predicted octanol–water partition coefficient (Wildman–Crippen LogP) is 3.59. The van der Waals surface area contributed by atoms with Gasteiger partial charge < -0.3 is 5.32 Å². The number of aromatic nitrogens is 3. The van der Waals surface area contributed by atoms with Crippen molar-refractivity contribution < 1.29 is 0 Å². The zero-order chi connectivity index (χ0) is 14.8. The van der Waals surface area contributed by atoms with Crippen molar-refractivity contribution in [2.45, 2.75) is 58.5 Å². The van der Waals surface area contributed by atoms with E-state index in [1.807, 2.05) is 24.4 Å². The molecule has 1 N–H and O–H groups in total. The summed E-state index contributed by atoms with van der Waals surface area (Å²) in [6.45, 7) is 6.89.